The van der Waals surface area contributed by atoms with E-state index in [4.69, 9.17) is 0 Å². The van der Waals surface area contributed by atoms with Gasteiger partial charge in [0.1, 0.15) is 0 Å². The van der Waals surface area contributed by atoms with Crippen LogP contribution in [0, 0.1) is 0 Å². The zero-order valence-corrected chi connectivity index (χ0v) is 10.5. The molecule has 0 aliphatic carbocycles. The fourth-order valence-electron chi connectivity index (χ4n) is 2.14. The van der Waals surface area contributed by atoms with Gasteiger partial charge < -0.3 is 19.5 Å². The minimum Gasteiger partial charge on any atom is -0.469 e. The lowest BCUT2D eigenvalue weighted by Crippen LogP contribution is -2.31. The summed E-state index contributed by atoms with van der Waals surface area (Å²) in [5, 5.41) is 0. The van der Waals surface area contributed by atoms with Crippen LogP contribution in [0.1, 0.15) is 18.2 Å². The third-order valence-electron chi connectivity index (χ3n) is 3.23. The fourth-order valence-corrected chi connectivity index (χ4v) is 2.14. The molecule has 0 radical (unpaired) electrons. The van der Waals surface area contributed by atoms with Crippen LogP contribution in [0.15, 0.2) is 18.3 Å². The van der Waals surface area contributed by atoms with Gasteiger partial charge in [0.05, 0.1) is 19.6 Å². The summed E-state index contributed by atoms with van der Waals surface area (Å²) in [6.07, 6.45) is 2.07. The zero-order valence-electron chi connectivity index (χ0n) is 10.5. The van der Waals surface area contributed by atoms with Crippen LogP contribution in [-0.4, -0.2) is 54.0 Å². The number of rotatable bonds is 4. The molecule has 1 unspecified atom stereocenters. The van der Waals surface area contributed by atoms with E-state index >= 15 is 0 Å². The number of carbonyl (C=O) groups is 2. The highest BCUT2D eigenvalue weighted by atomic mass is 16.5. The Bertz CT molecular complexity index is 430. The van der Waals surface area contributed by atoms with E-state index in [1.165, 1.54) is 7.11 Å². The van der Waals surface area contributed by atoms with E-state index in [-0.39, 0.29) is 24.5 Å². The molecule has 2 heterocycles. The second-order valence-electron chi connectivity index (χ2n) is 4.31. The molecule has 2 amide bonds. The van der Waals surface area contributed by atoms with Crippen LogP contribution < -0.4 is 0 Å². The van der Waals surface area contributed by atoms with Crippen LogP contribution in [0.3, 0.4) is 0 Å². The first kappa shape index (κ1) is 12.5. The van der Waals surface area contributed by atoms with Gasteiger partial charge in [-0.25, -0.2) is 4.79 Å². The lowest BCUT2D eigenvalue weighted by molar-refractivity contribution is -0.140. The van der Waals surface area contributed by atoms with Crippen molar-refractivity contribution in [2.24, 2.45) is 0 Å². The molecular weight excluding hydrogens is 234 g/mol. The molecule has 1 fully saturated rings. The number of nitrogens with zero attached hydrogens (tertiary/aromatic N) is 2. The molecule has 6 nitrogen and oxygen atoms in total. The van der Waals surface area contributed by atoms with Gasteiger partial charge in [0.15, 0.2) is 0 Å². The number of ether oxygens (including phenoxy) is 1. The van der Waals surface area contributed by atoms with E-state index in [0.717, 1.165) is 5.69 Å². The smallest absolute Gasteiger partial charge is 0.320 e. The van der Waals surface area contributed by atoms with Gasteiger partial charge in [0, 0.05) is 32.0 Å². The highest BCUT2D eigenvalue weighted by molar-refractivity contribution is 5.78. The third kappa shape index (κ3) is 2.32. The van der Waals surface area contributed by atoms with Crippen molar-refractivity contribution in [3.8, 4) is 0 Å². The molecule has 0 bridgehead atoms. The average molecular weight is 251 g/mol. The van der Waals surface area contributed by atoms with Gasteiger partial charge >= 0.3 is 12.0 Å². The topological polar surface area (TPSA) is 65.6 Å². The van der Waals surface area contributed by atoms with E-state index in [1.54, 1.807) is 16.8 Å². The Morgan fingerprint density at radius 1 is 1.61 bits per heavy atom. The van der Waals surface area contributed by atoms with Crippen molar-refractivity contribution >= 4 is 12.0 Å². The molecule has 0 aromatic carbocycles. The lowest BCUT2D eigenvalue weighted by atomic mass is 10.2. The van der Waals surface area contributed by atoms with Crippen LogP contribution in [0.5, 0.6) is 0 Å². The van der Waals surface area contributed by atoms with Gasteiger partial charge in [-0.15, -0.1) is 0 Å². The molecule has 1 aromatic heterocycles. The number of aromatic amines is 1. The third-order valence-corrected chi connectivity index (χ3v) is 3.23. The molecule has 1 aliphatic heterocycles. The maximum absolute atomic E-state index is 12.0. The summed E-state index contributed by atoms with van der Waals surface area (Å²) in [5.41, 5.74) is 1.01. The summed E-state index contributed by atoms with van der Waals surface area (Å²) in [6, 6.07) is 3.83. The van der Waals surface area contributed by atoms with Crippen molar-refractivity contribution in [3.05, 3.63) is 24.0 Å². The number of likely N-dealkylation sites (N-methyl/N-ethyl adjacent to an activating group) is 1. The second-order valence-corrected chi connectivity index (χ2v) is 4.31. The summed E-state index contributed by atoms with van der Waals surface area (Å²) < 4.78 is 4.57. The number of urea groups is 1. The maximum Gasteiger partial charge on any atom is 0.320 e. The summed E-state index contributed by atoms with van der Waals surface area (Å²) in [6.45, 7) is 0.986. The standard InChI is InChI=1S/C12H17N3O3/c1-14-10(9-4-3-6-13-9)8-15(12(14)17)7-5-11(16)18-2/h3-4,6,10,13H,5,7-8H2,1-2H3. The Morgan fingerprint density at radius 3 is 3.00 bits per heavy atom. The number of hydrogen-bond donors (Lipinski definition) is 1. The Balaban J connectivity index is 1.99. The first-order valence-electron chi connectivity index (χ1n) is 5.85. The van der Waals surface area contributed by atoms with Crippen molar-refractivity contribution in [1.82, 2.24) is 14.8 Å². The Labute approximate surface area is 106 Å². The first-order valence-corrected chi connectivity index (χ1v) is 5.85. The van der Waals surface area contributed by atoms with Gasteiger partial charge in [-0.1, -0.05) is 0 Å². The van der Waals surface area contributed by atoms with Crippen LogP contribution in [-0.2, 0) is 9.53 Å². The minimum absolute atomic E-state index is 0.0187. The normalized spacial score (nSPS) is 19.4. The van der Waals surface area contributed by atoms with Crippen molar-refractivity contribution in [3.63, 3.8) is 0 Å². The van der Waals surface area contributed by atoms with Crippen molar-refractivity contribution in [2.45, 2.75) is 12.5 Å². The SMILES string of the molecule is COC(=O)CCN1CC(c2ccc[nH]2)N(C)C1=O. The van der Waals surface area contributed by atoms with E-state index in [2.05, 4.69) is 9.72 Å². The quantitative estimate of drug-likeness (QED) is 0.811. The number of esters is 1. The molecule has 1 saturated heterocycles. The Morgan fingerprint density at radius 2 is 2.39 bits per heavy atom. The predicted molar refractivity (Wildman–Crippen MR) is 64.9 cm³/mol. The van der Waals surface area contributed by atoms with Gasteiger partial charge in [-0.05, 0) is 12.1 Å². The summed E-state index contributed by atoms with van der Waals surface area (Å²) in [5.74, 6) is -0.297. The molecule has 1 aliphatic rings. The number of H-pyrrole nitrogens is 1. The van der Waals surface area contributed by atoms with Crippen molar-refractivity contribution in [1.29, 1.82) is 0 Å². The van der Waals surface area contributed by atoms with Crippen molar-refractivity contribution < 1.29 is 14.3 Å². The first-order chi connectivity index (χ1) is 8.63. The van der Waals surface area contributed by atoms with Gasteiger partial charge in [0.2, 0.25) is 0 Å². The molecule has 0 saturated carbocycles. The largest absolute Gasteiger partial charge is 0.469 e. The van der Waals surface area contributed by atoms with Gasteiger partial charge in [-0.3, -0.25) is 4.79 Å². The summed E-state index contributed by atoms with van der Waals surface area (Å²) >= 11 is 0. The van der Waals surface area contributed by atoms with Crippen LogP contribution >= 0.6 is 0 Å². The number of amides is 2. The highest BCUT2D eigenvalue weighted by Gasteiger charge is 2.35. The van der Waals surface area contributed by atoms with E-state index in [9.17, 15) is 9.59 Å². The number of nitrogens with one attached hydrogen (secondary N) is 1. The zero-order chi connectivity index (χ0) is 13.1. The monoisotopic (exact) mass is 251 g/mol. The van der Waals surface area contributed by atoms with Gasteiger partial charge in [0.25, 0.3) is 0 Å². The molecule has 2 rings (SSSR count). The lowest BCUT2D eigenvalue weighted by Gasteiger charge is -2.16. The Kier molecular flexibility index (Phi) is 3.55. The molecular formula is C12H17N3O3. The molecule has 6 heteroatoms. The molecule has 1 atom stereocenters. The number of carbonyl (C=O) groups excluding carboxylic acids is 2. The van der Waals surface area contributed by atoms with Gasteiger partial charge in [-0.2, -0.15) is 0 Å². The molecule has 18 heavy (non-hydrogen) atoms. The van der Waals surface area contributed by atoms with Crippen LogP contribution in [0.4, 0.5) is 4.79 Å². The Hall–Kier alpha value is -1.98. The summed E-state index contributed by atoms with van der Waals surface area (Å²) in [7, 11) is 3.12. The second kappa shape index (κ2) is 5.12. The van der Waals surface area contributed by atoms with E-state index in [1.807, 2.05) is 18.3 Å². The highest BCUT2D eigenvalue weighted by Crippen LogP contribution is 2.26. The number of hydrogen-bond acceptors (Lipinski definition) is 3. The minimum atomic E-state index is -0.297. The number of aromatic nitrogens is 1. The molecule has 1 N–H and O–H groups in total. The fraction of sp³-hybridized carbons (Fsp3) is 0.500. The van der Waals surface area contributed by atoms with Crippen molar-refractivity contribution in [2.75, 3.05) is 27.2 Å². The molecule has 0 spiro atoms. The van der Waals surface area contributed by atoms with Crippen LogP contribution in [0.25, 0.3) is 0 Å². The molecule has 98 valence electrons. The average Bonchev–Trinajstić information content (AvgIpc) is 2.98. The summed E-state index contributed by atoms with van der Waals surface area (Å²) in [4.78, 5) is 29.6. The number of methoxy groups -OCH3 is 1. The molecule has 1 aromatic rings. The predicted octanol–water partition coefficient (Wildman–Crippen LogP) is 0.986. The maximum atomic E-state index is 12.0. The van der Waals surface area contributed by atoms with Crippen LogP contribution in [0.2, 0.25) is 0 Å². The van der Waals surface area contributed by atoms with E-state index < -0.39 is 0 Å². The van der Waals surface area contributed by atoms with E-state index in [0.29, 0.717) is 13.1 Å².